The maximum atomic E-state index is 13.7. The normalized spacial score (nSPS) is 47.7. The molecule has 0 aliphatic heterocycles. The molecule has 0 radical (unpaired) electrons. The zero-order chi connectivity index (χ0) is 21.0. The van der Waals surface area contributed by atoms with Gasteiger partial charge < -0.3 is 4.74 Å². The van der Waals surface area contributed by atoms with Crippen LogP contribution >= 0.6 is 15.9 Å². The van der Waals surface area contributed by atoms with Gasteiger partial charge in [-0.2, -0.15) is 0 Å². The van der Waals surface area contributed by atoms with Crippen molar-refractivity contribution >= 4 is 27.7 Å². The molecule has 0 amide bonds. The lowest BCUT2D eigenvalue weighted by atomic mass is 9.44. The number of esters is 1. The molecule has 164 valence electrons. The van der Waals surface area contributed by atoms with Crippen LogP contribution < -0.4 is 0 Å². The van der Waals surface area contributed by atoms with E-state index in [1.54, 1.807) is 0 Å². The van der Waals surface area contributed by atoms with Crippen molar-refractivity contribution < 1.29 is 14.3 Å². The first-order valence-corrected chi connectivity index (χ1v) is 12.9. The maximum absolute atomic E-state index is 13.7. The van der Waals surface area contributed by atoms with Gasteiger partial charge in [0.25, 0.3) is 0 Å². The number of rotatable bonds is 4. The first-order valence-electron chi connectivity index (χ1n) is 12.0. The van der Waals surface area contributed by atoms with Crippen LogP contribution in [0.25, 0.3) is 0 Å². The van der Waals surface area contributed by atoms with E-state index in [0.29, 0.717) is 47.2 Å². The Kier molecular flexibility index (Phi) is 5.99. The van der Waals surface area contributed by atoms with E-state index in [1.165, 1.54) is 58.5 Å². The van der Waals surface area contributed by atoms with E-state index in [0.717, 1.165) is 6.42 Å². The minimum Gasteiger partial charge on any atom is -0.469 e. The average Bonchev–Trinajstić information content (AvgIpc) is 3.06. The predicted octanol–water partition coefficient (Wildman–Crippen LogP) is 6.18. The molecule has 9 unspecified atom stereocenters. The first-order chi connectivity index (χ1) is 13.7. The summed E-state index contributed by atoms with van der Waals surface area (Å²) in [5.41, 5.74) is 0.581. The molecule has 0 aromatic rings. The smallest absolute Gasteiger partial charge is 0.305 e. The van der Waals surface area contributed by atoms with Crippen LogP contribution in [-0.4, -0.2) is 23.7 Å². The van der Waals surface area contributed by atoms with E-state index in [2.05, 4.69) is 36.7 Å². The molecule has 4 saturated carbocycles. The molecule has 0 spiro atoms. The summed E-state index contributed by atoms with van der Waals surface area (Å²) >= 11 is 3.90. The molecule has 4 heteroatoms. The summed E-state index contributed by atoms with van der Waals surface area (Å²) in [7, 11) is 1.48. The van der Waals surface area contributed by atoms with Gasteiger partial charge in [0.15, 0.2) is 0 Å². The van der Waals surface area contributed by atoms with Gasteiger partial charge in [-0.15, -0.1) is 0 Å². The van der Waals surface area contributed by atoms with Crippen molar-refractivity contribution in [1.82, 2.24) is 0 Å². The minimum absolute atomic E-state index is 0.0622. The number of alkyl halides is 1. The molecule has 3 nitrogen and oxygen atoms in total. The van der Waals surface area contributed by atoms with Crippen molar-refractivity contribution in [2.75, 3.05) is 7.11 Å². The molecular weight excluding hydrogens is 428 g/mol. The fraction of sp³-hybridized carbons (Fsp3) is 0.920. The third-order valence-corrected chi connectivity index (χ3v) is 11.3. The highest BCUT2D eigenvalue weighted by molar-refractivity contribution is 9.10. The second kappa shape index (κ2) is 7.95. The maximum Gasteiger partial charge on any atom is 0.305 e. The molecule has 0 bridgehead atoms. The van der Waals surface area contributed by atoms with E-state index in [1.807, 2.05) is 0 Å². The van der Waals surface area contributed by atoms with Crippen molar-refractivity contribution in [1.29, 1.82) is 0 Å². The Balaban J connectivity index is 1.57. The summed E-state index contributed by atoms with van der Waals surface area (Å²) < 4.78 is 4.86. The fourth-order valence-electron chi connectivity index (χ4n) is 8.61. The zero-order valence-electron chi connectivity index (χ0n) is 18.7. The van der Waals surface area contributed by atoms with Crippen LogP contribution in [0.1, 0.15) is 85.0 Å². The van der Waals surface area contributed by atoms with E-state index >= 15 is 0 Å². The fourth-order valence-corrected chi connectivity index (χ4v) is 9.78. The number of fused-ring (bicyclic) bond motifs is 5. The van der Waals surface area contributed by atoms with Crippen molar-refractivity contribution in [2.24, 2.45) is 46.3 Å². The lowest BCUT2D eigenvalue weighted by Gasteiger charge is -2.61. The van der Waals surface area contributed by atoms with Gasteiger partial charge in [-0.1, -0.05) is 49.5 Å². The van der Waals surface area contributed by atoms with Crippen LogP contribution in [0.5, 0.6) is 0 Å². The number of ether oxygens (including phenoxy) is 1. The third kappa shape index (κ3) is 3.34. The van der Waals surface area contributed by atoms with E-state index in [4.69, 9.17) is 4.74 Å². The Morgan fingerprint density at radius 3 is 2.52 bits per heavy atom. The van der Waals surface area contributed by atoms with E-state index in [-0.39, 0.29) is 22.1 Å². The quantitative estimate of drug-likeness (QED) is 0.367. The van der Waals surface area contributed by atoms with Gasteiger partial charge in [0, 0.05) is 12.3 Å². The van der Waals surface area contributed by atoms with Gasteiger partial charge in [-0.3, -0.25) is 9.59 Å². The first kappa shape index (κ1) is 21.8. The monoisotopic (exact) mass is 466 g/mol. The highest BCUT2D eigenvalue weighted by atomic mass is 79.9. The van der Waals surface area contributed by atoms with Crippen LogP contribution in [0, 0.1) is 46.3 Å². The zero-order valence-corrected chi connectivity index (χ0v) is 20.3. The molecule has 9 atom stereocenters. The molecule has 0 aromatic heterocycles. The molecule has 4 aliphatic rings. The van der Waals surface area contributed by atoms with Crippen molar-refractivity contribution in [3.05, 3.63) is 0 Å². The Morgan fingerprint density at radius 1 is 1.07 bits per heavy atom. The molecule has 4 aliphatic carbocycles. The van der Waals surface area contributed by atoms with Gasteiger partial charge in [-0.25, -0.2) is 0 Å². The van der Waals surface area contributed by atoms with Crippen LogP contribution in [-0.2, 0) is 14.3 Å². The Morgan fingerprint density at radius 2 is 1.79 bits per heavy atom. The predicted molar refractivity (Wildman–Crippen MR) is 119 cm³/mol. The topological polar surface area (TPSA) is 43.4 Å². The van der Waals surface area contributed by atoms with Gasteiger partial charge in [-0.05, 0) is 85.4 Å². The van der Waals surface area contributed by atoms with Gasteiger partial charge in [0.2, 0.25) is 0 Å². The lowest BCUT2D eigenvalue weighted by molar-refractivity contribution is -0.154. The molecule has 0 N–H and O–H groups in total. The van der Waals surface area contributed by atoms with Gasteiger partial charge in [0.1, 0.15) is 5.78 Å². The third-order valence-electron chi connectivity index (χ3n) is 10.2. The van der Waals surface area contributed by atoms with Crippen molar-refractivity contribution in [3.63, 3.8) is 0 Å². The molecule has 0 saturated heterocycles. The van der Waals surface area contributed by atoms with Crippen LogP contribution in [0.15, 0.2) is 0 Å². The van der Waals surface area contributed by atoms with Crippen molar-refractivity contribution in [2.45, 2.75) is 89.8 Å². The number of carbonyl (C=O) groups excluding carboxylic acids is 2. The molecule has 0 heterocycles. The number of Topliss-reactive ketones (excluding diaryl/α,β-unsaturated/α-hetero) is 1. The molecule has 4 rings (SSSR count). The van der Waals surface area contributed by atoms with E-state index in [9.17, 15) is 9.59 Å². The number of methoxy groups -OCH3 is 1. The summed E-state index contributed by atoms with van der Waals surface area (Å²) in [4.78, 5) is 25.4. The lowest BCUT2D eigenvalue weighted by Crippen LogP contribution is -2.60. The average molecular weight is 467 g/mol. The highest BCUT2D eigenvalue weighted by Crippen LogP contribution is 2.68. The summed E-state index contributed by atoms with van der Waals surface area (Å²) in [6.45, 7) is 7.32. The second-order valence-corrected chi connectivity index (χ2v) is 12.2. The highest BCUT2D eigenvalue weighted by Gasteiger charge is 2.64. The number of halogens is 1. The van der Waals surface area contributed by atoms with Crippen LogP contribution in [0.2, 0.25) is 0 Å². The Labute approximate surface area is 185 Å². The summed E-state index contributed by atoms with van der Waals surface area (Å²) in [5.74, 6) is 3.45. The molecule has 0 aromatic carbocycles. The van der Waals surface area contributed by atoms with Crippen LogP contribution in [0.3, 0.4) is 0 Å². The van der Waals surface area contributed by atoms with Crippen molar-refractivity contribution in [3.8, 4) is 0 Å². The summed E-state index contributed by atoms with van der Waals surface area (Å²) in [5, 5.41) is 0. The number of hydrogen-bond acceptors (Lipinski definition) is 3. The SMILES string of the molecule is COC(=O)CCC(C)C1CCC2C3C(=O)C(Br)C4CCCCC4(C)C3CCC12C. The van der Waals surface area contributed by atoms with E-state index < -0.39 is 0 Å². The molecule has 4 fully saturated rings. The summed E-state index contributed by atoms with van der Waals surface area (Å²) in [6.07, 6.45) is 11.4. The Hall–Kier alpha value is -0.380. The number of carbonyl (C=O) groups is 2. The number of hydrogen-bond donors (Lipinski definition) is 0. The van der Waals surface area contributed by atoms with Gasteiger partial charge >= 0.3 is 5.97 Å². The Bertz CT molecular complexity index is 662. The van der Waals surface area contributed by atoms with Crippen LogP contribution in [0.4, 0.5) is 0 Å². The summed E-state index contributed by atoms with van der Waals surface area (Å²) in [6, 6.07) is 0. The largest absolute Gasteiger partial charge is 0.469 e. The van der Waals surface area contributed by atoms with Gasteiger partial charge in [0.05, 0.1) is 11.9 Å². The standard InChI is InChI=1S/C25H39BrO3/c1-15(8-11-20(27)29-4)16-9-10-17-21-18(12-14-25(16,17)3)24(2)13-6-5-7-19(24)22(26)23(21)28/h15-19,21-22H,5-14H2,1-4H3. The second-order valence-electron chi connectivity index (χ2n) is 11.2. The molecular formula is C25H39BrO3. The molecule has 29 heavy (non-hydrogen) atoms. The minimum atomic E-state index is -0.0962. The number of ketones is 1.